The van der Waals surface area contributed by atoms with Gasteiger partial charge in [0.2, 0.25) is 0 Å². The minimum Gasteiger partial charge on any atom is -0.508 e. The predicted octanol–water partition coefficient (Wildman–Crippen LogP) is 1.10. The highest BCUT2D eigenvalue weighted by molar-refractivity contribution is 5.42. The first-order chi connectivity index (χ1) is 7.61. The van der Waals surface area contributed by atoms with Crippen molar-refractivity contribution in [3.63, 3.8) is 0 Å². The van der Waals surface area contributed by atoms with Gasteiger partial charge in [0, 0.05) is 17.5 Å². The van der Waals surface area contributed by atoms with E-state index in [1.807, 2.05) is 0 Å². The maximum atomic E-state index is 13.1. The van der Waals surface area contributed by atoms with E-state index in [2.05, 4.69) is 0 Å². The lowest BCUT2D eigenvalue weighted by Crippen LogP contribution is -2.09. The van der Waals surface area contributed by atoms with Crippen LogP contribution in [-0.4, -0.2) is 34.6 Å². The zero-order valence-corrected chi connectivity index (χ0v) is 8.56. The zero-order valence-electron chi connectivity index (χ0n) is 8.56. The average Bonchev–Trinajstić information content (AvgIpc) is 2.71. The number of benzene rings is 1. The topological polar surface area (TPSA) is 69.9 Å². The van der Waals surface area contributed by atoms with Crippen LogP contribution >= 0.6 is 0 Å². The van der Waals surface area contributed by atoms with Crippen LogP contribution in [0.3, 0.4) is 0 Å². The average molecular weight is 228 g/mol. The molecule has 1 heterocycles. The first-order valence-corrected chi connectivity index (χ1v) is 5.05. The van der Waals surface area contributed by atoms with Crippen LogP contribution in [0.15, 0.2) is 12.1 Å². The third-order valence-electron chi connectivity index (χ3n) is 2.82. The second kappa shape index (κ2) is 4.27. The number of aliphatic hydroxyl groups excluding tert-OH is 1. The minimum atomic E-state index is -0.764. The zero-order chi connectivity index (χ0) is 11.7. The van der Waals surface area contributed by atoms with Gasteiger partial charge in [0.15, 0.2) is 11.6 Å². The molecule has 0 aromatic heterocycles. The van der Waals surface area contributed by atoms with E-state index in [-0.39, 0.29) is 24.4 Å². The van der Waals surface area contributed by atoms with Crippen molar-refractivity contribution >= 4 is 0 Å². The molecule has 16 heavy (non-hydrogen) atoms. The lowest BCUT2D eigenvalue weighted by molar-refractivity contribution is 0.0584. The Balaban J connectivity index is 2.24. The Morgan fingerprint density at radius 3 is 2.69 bits per heavy atom. The molecule has 0 aliphatic carbocycles. The summed E-state index contributed by atoms with van der Waals surface area (Å²) in [6.45, 7) is 0.251. The number of phenolic OH excluding ortho intramolecular Hbond substituents is 2. The van der Waals surface area contributed by atoms with Gasteiger partial charge in [-0.05, 0) is 12.5 Å². The minimum absolute atomic E-state index is 0.0855. The molecule has 0 radical (unpaired) electrons. The molecule has 1 aliphatic rings. The third-order valence-corrected chi connectivity index (χ3v) is 2.82. The fourth-order valence-electron chi connectivity index (χ4n) is 1.94. The quantitative estimate of drug-likeness (QED) is 0.709. The van der Waals surface area contributed by atoms with Gasteiger partial charge in [-0.3, -0.25) is 0 Å². The van der Waals surface area contributed by atoms with E-state index < -0.39 is 11.6 Å². The number of aliphatic hydroxyl groups is 1. The summed E-state index contributed by atoms with van der Waals surface area (Å²) in [5.41, 5.74) is 0.409. The standard InChI is InChI=1S/C11H13FO4/c12-9-2-8(10(14)3-11(9)15)6-1-7(4-13)16-5-6/h2-3,6-7,13-15H,1,4-5H2/t6-,7-/m0/s1. The molecule has 0 unspecified atom stereocenters. The van der Waals surface area contributed by atoms with Gasteiger partial charge in [0.05, 0.1) is 19.3 Å². The summed E-state index contributed by atoms with van der Waals surface area (Å²) in [7, 11) is 0. The number of rotatable bonds is 2. The molecule has 88 valence electrons. The summed E-state index contributed by atoms with van der Waals surface area (Å²) in [5, 5.41) is 27.5. The molecule has 0 saturated carbocycles. The number of aromatic hydroxyl groups is 2. The van der Waals surface area contributed by atoms with Crippen LogP contribution in [0.4, 0.5) is 4.39 Å². The molecule has 1 fully saturated rings. The Morgan fingerprint density at radius 1 is 1.31 bits per heavy atom. The summed E-state index contributed by atoms with van der Waals surface area (Å²) in [6, 6.07) is 2.09. The molecule has 0 spiro atoms. The molecule has 5 heteroatoms. The van der Waals surface area contributed by atoms with E-state index in [4.69, 9.17) is 14.9 Å². The number of halogens is 1. The summed E-state index contributed by atoms with van der Waals surface area (Å²) < 4.78 is 18.4. The van der Waals surface area contributed by atoms with Crippen LogP contribution in [0, 0.1) is 5.82 Å². The van der Waals surface area contributed by atoms with Crippen molar-refractivity contribution in [1.29, 1.82) is 0 Å². The number of hydrogen-bond donors (Lipinski definition) is 3. The molecule has 2 atom stereocenters. The highest BCUT2D eigenvalue weighted by Crippen LogP contribution is 2.37. The second-order valence-corrected chi connectivity index (χ2v) is 3.93. The highest BCUT2D eigenvalue weighted by atomic mass is 19.1. The molecular weight excluding hydrogens is 215 g/mol. The Morgan fingerprint density at radius 2 is 2.06 bits per heavy atom. The van der Waals surface area contributed by atoms with E-state index in [0.29, 0.717) is 18.6 Å². The summed E-state index contributed by atoms with van der Waals surface area (Å²) in [4.78, 5) is 0. The Hall–Kier alpha value is -1.33. The lowest BCUT2D eigenvalue weighted by atomic mass is 9.95. The van der Waals surface area contributed by atoms with Crippen LogP contribution in [-0.2, 0) is 4.74 Å². The van der Waals surface area contributed by atoms with E-state index in [0.717, 1.165) is 12.1 Å². The van der Waals surface area contributed by atoms with Crippen LogP contribution in [0.5, 0.6) is 11.5 Å². The normalized spacial score (nSPS) is 24.9. The Kier molecular flexibility index (Phi) is 2.98. The molecule has 1 saturated heterocycles. The smallest absolute Gasteiger partial charge is 0.165 e. The molecule has 0 bridgehead atoms. The predicted molar refractivity (Wildman–Crippen MR) is 53.9 cm³/mol. The van der Waals surface area contributed by atoms with Gasteiger partial charge in [0.25, 0.3) is 0 Å². The molecular formula is C11H13FO4. The molecule has 2 rings (SSSR count). The second-order valence-electron chi connectivity index (χ2n) is 3.93. The maximum absolute atomic E-state index is 13.1. The summed E-state index contributed by atoms with van der Waals surface area (Å²) in [5.74, 6) is -1.63. The Labute approximate surface area is 91.9 Å². The van der Waals surface area contributed by atoms with E-state index >= 15 is 0 Å². The monoisotopic (exact) mass is 228 g/mol. The van der Waals surface area contributed by atoms with Crippen LogP contribution in [0.25, 0.3) is 0 Å². The third kappa shape index (κ3) is 1.96. The van der Waals surface area contributed by atoms with Gasteiger partial charge in [-0.25, -0.2) is 4.39 Å². The number of hydrogen-bond acceptors (Lipinski definition) is 4. The molecule has 1 aromatic rings. The lowest BCUT2D eigenvalue weighted by Gasteiger charge is -2.11. The largest absolute Gasteiger partial charge is 0.508 e. The first-order valence-electron chi connectivity index (χ1n) is 5.05. The van der Waals surface area contributed by atoms with Gasteiger partial charge in [-0.1, -0.05) is 0 Å². The first kappa shape index (κ1) is 11.2. The van der Waals surface area contributed by atoms with Crippen molar-refractivity contribution in [2.45, 2.75) is 18.4 Å². The van der Waals surface area contributed by atoms with Gasteiger partial charge >= 0.3 is 0 Å². The van der Waals surface area contributed by atoms with Crippen LogP contribution < -0.4 is 0 Å². The van der Waals surface area contributed by atoms with Crippen molar-refractivity contribution in [2.24, 2.45) is 0 Å². The van der Waals surface area contributed by atoms with Crippen LogP contribution in [0.2, 0.25) is 0 Å². The van der Waals surface area contributed by atoms with Crippen molar-refractivity contribution in [1.82, 2.24) is 0 Å². The number of ether oxygens (including phenoxy) is 1. The maximum Gasteiger partial charge on any atom is 0.165 e. The molecule has 0 amide bonds. The van der Waals surface area contributed by atoms with Crippen LogP contribution in [0.1, 0.15) is 17.9 Å². The molecule has 4 nitrogen and oxygen atoms in total. The van der Waals surface area contributed by atoms with Crippen molar-refractivity contribution in [3.8, 4) is 11.5 Å². The molecule has 1 aromatic carbocycles. The van der Waals surface area contributed by atoms with Crippen molar-refractivity contribution in [2.75, 3.05) is 13.2 Å². The fourth-order valence-corrected chi connectivity index (χ4v) is 1.94. The van der Waals surface area contributed by atoms with Crippen molar-refractivity contribution < 1.29 is 24.4 Å². The van der Waals surface area contributed by atoms with Gasteiger partial charge in [0.1, 0.15) is 5.75 Å². The molecule has 3 N–H and O–H groups in total. The van der Waals surface area contributed by atoms with E-state index in [9.17, 15) is 9.50 Å². The highest BCUT2D eigenvalue weighted by Gasteiger charge is 2.28. The van der Waals surface area contributed by atoms with Crippen molar-refractivity contribution in [3.05, 3.63) is 23.5 Å². The Bertz CT molecular complexity index is 394. The fraction of sp³-hybridized carbons (Fsp3) is 0.455. The summed E-state index contributed by atoms with van der Waals surface area (Å²) in [6.07, 6.45) is 0.273. The molecule has 1 aliphatic heterocycles. The van der Waals surface area contributed by atoms with Gasteiger partial charge in [-0.2, -0.15) is 0 Å². The van der Waals surface area contributed by atoms with Gasteiger partial charge in [-0.15, -0.1) is 0 Å². The SMILES string of the molecule is OC[C@@H]1C[C@H](c2cc(F)c(O)cc2O)CO1. The van der Waals surface area contributed by atoms with E-state index in [1.54, 1.807) is 0 Å². The summed E-state index contributed by atoms with van der Waals surface area (Å²) >= 11 is 0. The van der Waals surface area contributed by atoms with E-state index in [1.165, 1.54) is 0 Å². The number of phenols is 2. The van der Waals surface area contributed by atoms with Gasteiger partial charge < -0.3 is 20.1 Å².